The minimum absolute atomic E-state index is 0.0583. The monoisotopic (exact) mass is 335 g/mol. The van der Waals surface area contributed by atoms with Gasteiger partial charge in [-0.1, -0.05) is 13.3 Å². The summed E-state index contributed by atoms with van der Waals surface area (Å²) in [5.41, 5.74) is 0. The van der Waals surface area contributed by atoms with Crippen LogP contribution in [-0.2, 0) is 20.5 Å². The average molecular weight is 336 g/mol. The molecule has 0 amide bonds. The Balaban J connectivity index is 2.43. The van der Waals surface area contributed by atoms with Crippen LogP contribution >= 0.6 is 0 Å². The summed E-state index contributed by atoms with van der Waals surface area (Å²) in [5.74, 6) is 0. The minimum atomic E-state index is -1.12. The highest BCUT2D eigenvalue weighted by Gasteiger charge is 2.24. The van der Waals surface area contributed by atoms with Crippen LogP contribution in [0.4, 0.5) is 0 Å². The topological polar surface area (TPSA) is 67.8 Å². The van der Waals surface area contributed by atoms with Gasteiger partial charge in [0.25, 0.3) is 0 Å². The van der Waals surface area contributed by atoms with Crippen molar-refractivity contribution in [3.63, 3.8) is 0 Å². The maximum atomic E-state index is 12.3. The van der Waals surface area contributed by atoms with Crippen molar-refractivity contribution in [1.29, 1.82) is 0 Å². The molecule has 1 saturated heterocycles. The summed E-state index contributed by atoms with van der Waals surface area (Å²) in [5, 5.41) is 10.1. The lowest BCUT2D eigenvalue weighted by molar-refractivity contribution is -0.0483. The van der Waals surface area contributed by atoms with E-state index < -0.39 is 11.0 Å². The molecule has 2 N–H and O–H groups in total. The summed E-state index contributed by atoms with van der Waals surface area (Å²) in [6.45, 7) is 9.28. The third kappa shape index (κ3) is 8.02. The van der Waals surface area contributed by atoms with Gasteiger partial charge in [-0.2, -0.15) is 0 Å². The molecule has 1 fully saturated rings. The molecular weight excluding hydrogens is 302 g/mol. The highest BCUT2D eigenvalue weighted by atomic mass is 32.2. The van der Waals surface area contributed by atoms with Gasteiger partial charge in [0.1, 0.15) is 0 Å². The quantitative estimate of drug-likeness (QED) is 0.644. The van der Waals surface area contributed by atoms with Crippen molar-refractivity contribution in [3.05, 3.63) is 0 Å². The number of aliphatic hydroxyl groups is 1. The lowest BCUT2D eigenvalue weighted by atomic mass is 10.0. The molecule has 0 unspecified atom stereocenters. The fourth-order valence-electron chi connectivity index (χ4n) is 2.44. The second-order valence-corrected chi connectivity index (χ2v) is 8.97. The van der Waals surface area contributed by atoms with E-state index in [0.29, 0.717) is 19.6 Å². The number of rotatable bonds is 10. The molecule has 0 radical (unpaired) electrons. The number of aliphatic hydroxyl groups excluding tert-OH is 1. The lowest BCUT2D eigenvalue weighted by Crippen LogP contribution is -2.41. The van der Waals surface area contributed by atoms with Crippen LogP contribution in [0.25, 0.3) is 0 Å². The van der Waals surface area contributed by atoms with E-state index in [1.165, 1.54) is 0 Å². The third-order valence-electron chi connectivity index (χ3n) is 3.69. The second kappa shape index (κ2) is 9.98. The standard InChI is InChI=1S/C16H33NO4S/c1-5-7-14(18)12-13(17-22(19)16(2,3)4)8-6-9-15-20-10-11-21-15/h13-15,17-18H,5-12H2,1-4H3/t13-,14+,22+/m0/s1. The minimum Gasteiger partial charge on any atom is -0.393 e. The first kappa shape index (κ1) is 20.0. The zero-order valence-corrected chi connectivity index (χ0v) is 15.3. The smallest absolute Gasteiger partial charge is 0.157 e. The molecule has 0 saturated carbocycles. The van der Waals surface area contributed by atoms with Crippen LogP contribution in [-0.4, -0.2) is 45.7 Å². The molecule has 1 heterocycles. The van der Waals surface area contributed by atoms with Gasteiger partial charge in [-0.25, -0.2) is 8.93 Å². The van der Waals surface area contributed by atoms with Crippen LogP contribution in [0.5, 0.6) is 0 Å². The van der Waals surface area contributed by atoms with Gasteiger partial charge in [-0.05, 0) is 52.9 Å². The summed E-state index contributed by atoms with van der Waals surface area (Å²) >= 11 is 0. The molecule has 0 aromatic rings. The molecule has 0 spiro atoms. The Morgan fingerprint density at radius 2 is 1.91 bits per heavy atom. The Morgan fingerprint density at radius 3 is 2.45 bits per heavy atom. The van der Waals surface area contributed by atoms with Crippen molar-refractivity contribution in [2.24, 2.45) is 0 Å². The Kier molecular flexibility index (Phi) is 9.09. The molecular formula is C16H33NO4S. The number of nitrogens with one attached hydrogen (secondary N) is 1. The Morgan fingerprint density at radius 1 is 1.27 bits per heavy atom. The zero-order chi connectivity index (χ0) is 16.6. The summed E-state index contributed by atoms with van der Waals surface area (Å²) in [6.07, 6.45) is 4.61. The Hall–Kier alpha value is -0.0100. The van der Waals surface area contributed by atoms with Crippen molar-refractivity contribution in [1.82, 2.24) is 4.72 Å². The first-order chi connectivity index (χ1) is 10.3. The van der Waals surface area contributed by atoms with Crippen molar-refractivity contribution >= 4 is 11.0 Å². The predicted molar refractivity (Wildman–Crippen MR) is 89.9 cm³/mol. The average Bonchev–Trinajstić information content (AvgIpc) is 2.90. The normalized spacial score (nSPS) is 21.0. The van der Waals surface area contributed by atoms with Crippen LogP contribution in [0, 0.1) is 0 Å². The van der Waals surface area contributed by atoms with Gasteiger partial charge in [0.05, 0.1) is 35.1 Å². The summed E-state index contributed by atoms with van der Waals surface area (Å²) in [4.78, 5) is 0. The zero-order valence-electron chi connectivity index (χ0n) is 14.5. The number of hydrogen-bond donors (Lipinski definition) is 2. The first-order valence-corrected chi connectivity index (χ1v) is 9.57. The van der Waals surface area contributed by atoms with E-state index in [1.807, 2.05) is 20.8 Å². The van der Waals surface area contributed by atoms with Crippen molar-refractivity contribution in [2.45, 2.75) is 89.4 Å². The molecule has 1 aliphatic heterocycles. The maximum Gasteiger partial charge on any atom is 0.157 e. The van der Waals surface area contributed by atoms with Gasteiger partial charge < -0.3 is 14.6 Å². The van der Waals surface area contributed by atoms with E-state index in [2.05, 4.69) is 11.6 Å². The van der Waals surface area contributed by atoms with Crippen LogP contribution in [0.2, 0.25) is 0 Å². The molecule has 3 atom stereocenters. The molecule has 5 nitrogen and oxygen atoms in total. The molecule has 1 rings (SSSR count). The van der Waals surface area contributed by atoms with Crippen molar-refractivity contribution in [3.8, 4) is 0 Å². The largest absolute Gasteiger partial charge is 0.393 e. The highest BCUT2D eigenvalue weighted by molar-refractivity contribution is 7.84. The highest BCUT2D eigenvalue weighted by Crippen LogP contribution is 2.18. The van der Waals surface area contributed by atoms with Gasteiger partial charge in [-0.3, -0.25) is 0 Å². The van der Waals surface area contributed by atoms with Gasteiger partial charge in [0.2, 0.25) is 0 Å². The van der Waals surface area contributed by atoms with Crippen molar-refractivity contribution in [2.75, 3.05) is 13.2 Å². The van der Waals surface area contributed by atoms with Crippen LogP contribution in [0.1, 0.15) is 66.2 Å². The van der Waals surface area contributed by atoms with Crippen LogP contribution in [0.3, 0.4) is 0 Å². The summed E-state index contributed by atoms with van der Waals surface area (Å²) < 4.78 is 26.1. The van der Waals surface area contributed by atoms with Crippen molar-refractivity contribution < 1.29 is 18.8 Å². The summed E-state index contributed by atoms with van der Waals surface area (Å²) in [6, 6.07) is 0.0583. The number of hydrogen-bond acceptors (Lipinski definition) is 4. The van der Waals surface area contributed by atoms with E-state index in [1.54, 1.807) is 0 Å². The molecule has 0 aromatic heterocycles. The second-order valence-electron chi connectivity index (χ2n) is 6.98. The first-order valence-electron chi connectivity index (χ1n) is 8.42. The third-order valence-corrected chi connectivity index (χ3v) is 5.35. The molecule has 22 heavy (non-hydrogen) atoms. The van der Waals surface area contributed by atoms with E-state index in [0.717, 1.165) is 32.1 Å². The molecule has 0 aliphatic carbocycles. The Bertz CT molecular complexity index is 327. The summed E-state index contributed by atoms with van der Waals surface area (Å²) in [7, 11) is -1.12. The van der Waals surface area contributed by atoms with Crippen LogP contribution < -0.4 is 4.72 Å². The fraction of sp³-hybridized carbons (Fsp3) is 1.00. The SMILES string of the molecule is CCC[C@@H](O)C[C@H](CCCC1OCCO1)N[S@](=O)C(C)(C)C. The van der Waals surface area contributed by atoms with Gasteiger partial charge >= 0.3 is 0 Å². The van der Waals surface area contributed by atoms with E-state index in [9.17, 15) is 9.32 Å². The fourth-order valence-corrected chi connectivity index (χ4v) is 3.31. The molecule has 0 aromatic carbocycles. The van der Waals surface area contributed by atoms with E-state index in [4.69, 9.17) is 9.47 Å². The van der Waals surface area contributed by atoms with Gasteiger partial charge in [0.15, 0.2) is 6.29 Å². The molecule has 6 heteroatoms. The molecule has 0 bridgehead atoms. The maximum absolute atomic E-state index is 12.3. The van der Waals surface area contributed by atoms with Crippen LogP contribution in [0.15, 0.2) is 0 Å². The van der Waals surface area contributed by atoms with Gasteiger partial charge in [0, 0.05) is 6.04 Å². The van der Waals surface area contributed by atoms with E-state index >= 15 is 0 Å². The van der Waals surface area contributed by atoms with Gasteiger partial charge in [-0.15, -0.1) is 0 Å². The Labute approximate surface area is 137 Å². The number of ether oxygens (including phenoxy) is 2. The predicted octanol–water partition coefficient (Wildman–Crippen LogP) is 2.50. The molecule has 1 aliphatic rings. The lowest BCUT2D eigenvalue weighted by Gasteiger charge is -2.26. The molecule has 132 valence electrons. The van der Waals surface area contributed by atoms with E-state index in [-0.39, 0.29) is 23.2 Å².